The summed E-state index contributed by atoms with van der Waals surface area (Å²) in [6, 6.07) is 7.12. The van der Waals surface area contributed by atoms with Crippen LogP contribution >= 0.6 is 0 Å². The summed E-state index contributed by atoms with van der Waals surface area (Å²) in [7, 11) is 0. The van der Waals surface area contributed by atoms with Crippen LogP contribution < -0.4 is 5.32 Å². The number of para-hydroxylation sites is 1. The predicted molar refractivity (Wildman–Crippen MR) is 96.1 cm³/mol. The highest BCUT2D eigenvalue weighted by molar-refractivity contribution is 6.27. The number of nitrogens with zero attached hydrogens (tertiary/aromatic N) is 1. The maximum atomic E-state index is 11.1. The minimum absolute atomic E-state index is 0.245. The zero-order valence-corrected chi connectivity index (χ0v) is 15.0. The fourth-order valence-corrected chi connectivity index (χ4v) is 5.45. The Balaban J connectivity index is 0.000000307. The molecule has 4 fully saturated rings. The average Bonchev–Trinajstić information content (AvgIpc) is 2.59. The van der Waals surface area contributed by atoms with Crippen LogP contribution in [0.5, 0.6) is 0 Å². The Morgan fingerprint density at radius 2 is 1.52 bits per heavy atom. The molecule has 8 heteroatoms. The van der Waals surface area contributed by atoms with Crippen molar-refractivity contribution in [1.82, 2.24) is 5.32 Å². The van der Waals surface area contributed by atoms with E-state index >= 15 is 0 Å². The molecule has 0 aromatic heterocycles. The Morgan fingerprint density at radius 3 is 1.96 bits per heavy atom. The summed E-state index contributed by atoms with van der Waals surface area (Å²) in [6.07, 6.45) is 8.10. The molecule has 4 aliphatic carbocycles. The highest BCUT2D eigenvalue weighted by atomic mass is 16.6. The summed E-state index contributed by atoms with van der Waals surface area (Å²) in [5, 5.41) is 29.6. The average molecular weight is 376 g/mol. The smallest absolute Gasteiger partial charge is 0.414 e. The van der Waals surface area contributed by atoms with Gasteiger partial charge in [0.05, 0.1) is 4.92 Å². The zero-order valence-electron chi connectivity index (χ0n) is 15.0. The van der Waals surface area contributed by atoms with Crippen molar-refractivity contribution < 1.29 is 24.7 Å². The first-order chi connectivity index (χ1) is 12.8. The van der Waals surface area contributed by atoms with Crippen molar-refractivity contribution in [1.29, 1.82) is 0 Å². The standard InChI is InChI=1S/C17H22N2O2.C2H2O4/c20-19(21)16-4-2-1-3-15(16)11-18-17-8-12-5-13(9-17)7-14(6-12)10-17;3-1(4)2(5)6/h1-4,12-14,18H,5-11H2;(H,3,4)(H,5,6). The van der Waals surface area contributed by atoms with E-state index in [-0.39, 0.29) is 16.1 Å². The van der Waals surface area contributed by atoms with Crippen LogP contribution in [0.1, 0.15) is 44.1 Å². The monoisotopic (exact) mass is 376 g/mol. The summed E-state index contributed by atoms with van der Waals surface area (Å²) in [4.78, 5) is 29.1. The number of rotatable bonds is 4. The normalized spacial score (nSPS) is 30.3. The molecule has 1 aromatic rings. The lowest BCUT2D eigenvalue weighted by Crippen LogP contribution is -2.58. The Hall–Kier alpha value is -2.48. The topological polar surface area (TPSA) is 130 Å². The zero-order chi connectivity index (χ0) is 19.6. The van der Waals surface area contributed by atoms with E-state index in [2.05, 4.69) is 5.32 Å². The lowest BCUT2D eigenvalue weighted by atomic mass is 9.53. The van der Waals surface area contributed by atoms with Crippen molar-refractivity contribution in [3.8, 4) is 0 Å². The molecule has 1 aromatic carbocycles. The molecule has 3 N–H and O–H groups in total. The van der Waals surface area contributed by atoms with E-state index in [1.54, 1.807) is 12.1 Å². The number of nitro benzene ring substituents is 1. The van der Waals surface area contributed by atoms with Gasteiger partial charge in [0.2, 0.25) is 0 Å². The molecule has 4 bridgehead atoms. The highest BCUT2D eigenvalue weighted by Gasteiger charge is 2.50. The van der Waals surface area contributed by atoms with E-state index in [0.717, 1.165) is 23.3 Å². The fraction of sp³-hybridized carbons (Fsp3) is 0.579. The Morgan fingerprint density at radius 1 is 1.04 bits per heavy atom. The molecule has 0 unspecified atom stereocenters. The fourth-order valence-electron chi connectivity index (χ4n) is 5.45. The second-order valence-electron chi connectivity index (χ2n) is 8.05. The van der Waals surface area contributed by atoms with E-state index in [9.17, 15) is 10.1 Å². The lowest BCUT2D eigenvalue weighted by molar-refractivity contribution is -0.385. The second kappa shape index (κ2) is 7.64. The molecule has 0 radical (unpaired) electrons. The molecular formula is C19H24N2O6. The minimum atomic E-state index is -1.82. The first-order valence-electron chi connectivity index (χ1n) is 9.21. The third kappa shape index (κ3) is 4.44. The van der Waals surface area contributed by atoms with Crippen molar-refractivity contribution in [2.75, 3.05) is 0 Å². The summed E-state index contributed by atoms with van der Waals surface area (Å²) in [5.74, 6) is -0.955. The molecular weight excluding hydrogens is 352 g/mol. The van der Waals surface area contributed by atoms with Gasteiger partial charge in [-0.25, -0.2) is 9.59 Å². The third-order valence-corrected chi connectivity index (χ3v) is 6.06. The van der Waals surface area contributed by atoms with Gasteiger partial charge in [-0.15, -0.1) is 0 Å². The first-order valence-corrected chi connectivity index (χ1v) is 9.21. The Bertz CT molecular complexity index is 700. The van der Waals surface area contributed by atoms with E-state index < -0.39 is 11.9 Å². The molecule has 0 saturated heterocycles. The van der Waals surface area contributed by atoms with Crippen LogP contribution in [-0.2, 0) is 16.1 Å². The lowest BCUT2D eigenvalue weighted by Gasteiger charge is -2.57. The van der Waals surface area contributed by atoms with Crippen molar-refractivity contribution in [3.05, 3.63) is 39.9 Å². The number of nitro groups is 1. The number of benzene rings is 1. The molecule has 4 saturated carbocycles. The van der Waals surface area contributed by atoms with Crippen LogP contribution in [-0.4, -0.2) is 32.6 Å². The van der Waals surface area contributed by atoms with Gasteiger partial charge >= 0.3 is 11.9 Å². The van der Waals surface area contributed by atoms with Gasteiger partial charge in [-0.1, -0.05) is 18.2 Å². The van der Waals surface area contributed by atoms with Crippen LogP contribution in [0.3, 0.4) is 0 Å². The quantitative estimate of drug-likeness (QED) is 0.418. The molecule has 8 nitrogen and oxygen atoms in total. The first kappa shape index (κ1) is 19.3. The van der Waals surface area contributed by atoms with Gasteiger partial charge in [-0.3, -0.25) is 10.1 Å². The molecule has 0 heterocycles. The summed E-state index contributed by atoms with van der Waals surface area (Å²) in [6.45, 7) is 0.628. The van der Waals surface area contributed by atoms with Gasteiger partial charge in [-0.2, -0.15) is 0 Å². The van der Waals surface area contributed by atoms with Crippen LogP contribution in [0.15, 0.2) is 24.3 Å². The van der Waals surface area contributed by atoms with Crippen molar-refractivity contribution in [2.24, 2.45) is 17.8 Å². The maximum absolute atomic E-state index is 11.1. The summed E-state index contributed by atoms with van der Waals surface area (Å²) < 4.78 is 0. The number of aliphatic carboxylic acids is 2. The molecule has 0 atom stereocenters. The molecule has 0 spiro atoms. The summed E-state index contributed by atoms with van der Waals surface area (Å²) in [5.41, 5.74) is 1.33. The van der Waals surface area contributed by atoms with Crippen LogP contribution in [0, 0.1) is 27.9 Å². The molecule has 4 aliphatic rings. The van der Waals surface area contributed by atoms with Gasteiger partial charge in [0.1, 0.15) is 0 Å². The highest BCUT2D eigenvalue weighted by Crippen LogP contribution is 2.55. The molecule has 27 heavy (non-hydrogen) atoms. The van der Waals surface area contributed by atoms with Crippen molar-refractivity contribution in [3.63, 3.8) is 0 Å². The van der Waals surface area contributed by atoms with Crippen LogP contribution in [0.4, 0.5) is 5.69 Å². The van der Waals surface area contributed by atoms with Gasteiger partial charge < -0.3 is 15.5 Å². The molecule has 0 amide bonds. The summed E-state index contributed by atoms with van der Waals surface area (Å²) >= 11 is 0. The molecule has 146 valence electrons. The molecule has 0 aliphatic heterocycles. The minimum Gasteiger partial charge on any atom is -0.473 e. The molecule has 5 rings (SSSR count). The number of carboxylic acid groups (broad SMARTS) is 2. The Kier molecular flexibility index (Phi) is 5.46. The third-order valence-electron chi connectivity index (χ3n) is 6.06. The number of carbonyl (C=O) groups is 2. The number of hydrogen-bond donors (Lipinski definition) is 3. The van der Waals surface area contributed by atoms with Crippen molar-refractivity contribution >= 4 is 17.6 Å². The van der Waals surface area contributed by atoms with Gasteiger partial charge in [0.15, 0.2) is 0 Å². The number of nitrogens with one attached hydrogen (secondary N) is 1. The van der Waals surface area contributed by atoms with Crippen LogP contribution in [0.25, 0.3) is 0 Å². The van der Waals surface area contributed by atoms with Gasteiger partial charge in [0, 0.05) is 23.7 Å². The van der Waals surface area contributed by atoms with Gasteiger partial charge in [0.25, 0.3) is 5.69 Å². The van der Waals surface area contributed by atoms with E-state index in [1.165, 1.54) is 38.5 Å². The SMILES string of the molecule is O=C(O)C(=O)O.O=[N+]([O-])c1ccccc1CNC12CC3CC(CC(C3)C1)C2. The second-order valence-corrected chi connectivity index (χ2v) is 8.05. The largest absolute Gasteiger partial charge is 0.473 e. The number of carboxylic acids is 2. The van der Waals surface area contributed by atoms with Crippen LogP contribution in [0.2, 0.25) is 0 Å². The maximum Gasteiger partial charge on any atom is 0.414 e. The predicted octanol–water partition coefficient (Wildman–Crippen LogP) is 2.81. The van der Waals surface area contributed by atoms with Crippen molar-refractivity contribution in [2.45, 2.75) is 50.6 Å². The van der Waals surface area contributed by atoms with Gasteiger partial charge in [-0.05, 0) is 56.3 Å². The van der Waals surface area contributed by atoms with E-state index in [0.29, 0.717) is 6.54 Å². The van der Waals surface area contributed by atoms with E-state index in [1.807, 2.05) is 12.1 Å². The van der Waals surface area contributed by atoms with E-state index in [4.69, 9.17) is 19.8 Å². The number of hydrogen-bond acceptors (Lipinski definition) is 5. The Labute approximate surface area is 156 Å².